The second-order valence-electron chi connectivity index (χ2n) is 3.66. The Balaban J connectivity index is 2.17. The highest BCUT2D eigenvalue weighted by molar-refractivity contribution is 5.73. The summed E-state index contributed by atoms with van der Waals surface area (Å²) in [6.07, 6.45) is 0. The summed E-state index contributed by atoms with van der Waals surface area (Å²) in [7, 11) is 0. The third-order valence-corrected chi connectivity index (χ3v) is 2.53. The van der Waals surface area contributed by atoms with Crippen molar-refractivity contribution in [1.82, 2.24) is 10.2 Å². The van der Waals surface area contributed by atoms with Gasteiger partial charge in [-0.05, 0) is 12.1 Å². The van der Waals surface area contributed by atoms with Crippen LogP contribution in [0.3, 0.4) is 0 Å². The minimum atomic E-state index is -0.434. The molecule has 6 heteroatoms. The number of ether oxygens (including phenoxy) is 2. The van der Waals surface area contributed by atoms with Crippen LogP contribution in [-0.2, 0) is 0 Å². The third-order valence-electron chi connectivity index (χ3n) is 2.53. The second-order valence-corrected chi connectivity index (χ2v) is 3.66. The van der Waals surface area contributed by atoms with Crippen molar-refractivity contribution in [3.05, 3.63) is 24.0 Å². The van der Waals surface area contributed by atoms with Crippen LogP contribution in [0.25, 0.3) is 11.3 Å². The number of aromatic amines is 1. The Hall–Kier alpha value is -2.24. The quantitative estimate of drug-likeness (QED) is 0.786. The number of hydrogen-bond donors (Lipinski definition) is 2. The fraction of sp³-hybridized carbons (Fsp3) is 0.182. The SMILES string of the molecule is Nc1cc(-c2ccc(F)c3c2OCCO3)[nH]n1. The highest BCUT2D eigenvalue weighted by Gasteiger charge is 2.21. The number of hydrogen-bond acceptors (Lipinski definition) is 4. The maximum Gasteiger partial charge on any atom is 0.197 e. The van der Waals surface area contributed by atoms with Gasteiger partial charge in [-0.15, -0.1) is 0 Å². The van der Waals surface area contributed by atoms with E-state index in [1.54, 1.807) is 12.1 Å². The van der Waals surface area contributed by atoms with Gasteiger partial charge in [0.25, 0.3) is 0 Å². The summed E-state index contributed by atoms with van der Waals surface area (Å²) in [6.45, 7) is 0.742. The van der Waals surface area contributed by atoms with Gasteiger partial charge in [0.05, 0.1) is 5.69 Å². The molecule has 2 aromatic rings. The van der Waals surface area contributed by atoms with Gasteiger partial charge in [-0.2, -0.15) is 5.10 Å². The lowest BCUT2D eigenvalue weighted by atomic mass is 10.1. The fourth-order valence-corrected chi connectivity index (χ4v) is 1.79. The Morgan fingerprint density at radius 1 is 1.24 bits per heavy atom. The number of nitrogens with two attached hydrogens (primary N) is 1. The number of nitrogens with one attached hydrogen (secondary N) is 1. The highest BCUT2D eigenvalue weighted by atomic mass is 19.1. The van der Waals surface area contributed by atoms with Crippen LogP contribution < -0.4 is 15.2 Å². The molecule has 0 radical (unpaired) electrons. The van der Waals surface area contributed by atoms with Crippen molar-refractivity contribution in [3.63, 3.8) is 0 Å². The van der Waals surface area contributed by atoms with Gasteiger partial charge in [0.15, 0.2) is 17.3 Å². The number of aromatic nitrogens is 2. The standard InChI is InChI=1S/C11H10FN3O2/c12-7-2-1-6(8-5-9(13)15-14-8)10-11(7)17-4-3-16-10/h1-2,5H,3-4H2,(H3,13,14,15). The first kappa shape index (κ1) is 9.95. The van der Waals surface area contributed by atoms with Crippen molar-refractivity contribution < 1.29 is 13.9 Å². The first-order valence-corrected chi connectivity index (χ1v) is 5.15. The number of nitrogens with zero attached hydrogens (tertiary/aromatic N) is 1. The number of nitrogen functional groups attached to an aromatic ring is 1. The second kappa shape index (κ2) is 3.65. The molecular weight excluding hydrogens is 225 g/mol. The van der Waals surface area contributed by atoms with Crippen LogP contribution in [0.5, 0.6) is 11.5 Å². The predicted molar refractivity (Wildman–Crippen MR) is 59.4 cm³/mol. The van der Waals surface area contributed by atoms with Crippen molar-refractivity contribution in [1.29, 1.82) is 0 Å². The first-order valence-electron chi connectivity index (χ1n) is 5.15. The van der Waals surface area contributed by atoms with E-state index in [4.69, 9.17) is 15.2 Å². The molecule has 1 aromatic carbocycles. The lowest BCUT2D eigenvalue weighted by Gasteiger charge is -2.20. The van der Waals surface area contributed by atoms with Crippen molar-refractivity contribution in [2.45, 2.75) is 0 Å². The number of anilines is 1. The van der Waals surface area contributed by atoms with E-state index in [2.05, 4.69) is 10.2 Å². The van der Waals surface area contributed by atoms with E-state index in [1.165, 1.54) is 6.07 Å². The van der Waals surface area contributed by atoms with Crippen molar-refractivity contribution in [2.75, 3.05) is 18.9 Å². The third kappa shape index (κ3) is 1.57. The van der Waals surface area contributed by atoms with Gasteiger partial charge in [-0.25, -0.2) is 4.39 Å². The lowest BCUT2D eigenvalue weighted by molar-refractivity contribution is 0.165. The summed E-state index contributed by atoms with van der Waals surface area (Å²) >= 11 is 0. The number of fused-ring (bicyclic) bond motifs is 1. The monoisotopic (exact) mass is 235 g/mol. The molecule has 1 aromatic heterocycles. The minimum absolute atomic E-state index is 0.141. The first-order chi connectivity index (χ1) is 8.25. The van der Waals surface area contributed by atoms with Crippen LogP contribution in [-0.4, -0.2) is 23.4 Å². The fourth-order valence-electron chi connectivity index (χ4n) is 1.79. The van der Waals surface area contributed by atoms with Crippen LogP contribution in [0.15, 0.2) is 18.2 Å². The van der Waals surface area contributed by atoms with Crippen LogP contribution in [0.4, 0.5) is 10.2 Å². The summed E-state index contributed by atoms with van der Waals surface area (Å²) < 4.78 is 24.2. The zero-order chi connectivity index (χ0) is 11.8. The van der Waals surface area contributed by atoms with E-state index in [1.807, 2.05) is 0 Å². The van der Waals surface area contributed by atoms with Crippen LogP contribution >= 0.6 is 0 Å². The lowest BCUT2D eigenvalue weighted by Crippen LogP contribution is -2.17. The topological polar surface area (TPSA) is 73.2 Å². The summed E-state index contributed by atoms with van der Waals surface area (Å²) in [5.41, 5.74) is 6.89. The Morgan fingerprint density at radius 2 is 2.00 bits per heavy atom. The Labute approximate surface area is 96.3 Å². The molecule has 0 atom stereocenters. The van der Waals surface area contributed by atoms with Gasteiger partial charge in [0.2, 0.25) is 0 Å². The zero-order valence-electron chi connectivity index (χ0n) is 8.87. The molecule has 0 amide bonds. The molecule has 0 spiro atoms. The van der Waals surface area contributed by atoms with Gasteiger partial charge in [-0.3, -0.25) is 5.10 Å². The Kier molecular flexibility index (Phi) is 2.14. The summed E-state index contributed by atoms with van der Waals surface area (Å²) in [5.74, 6) is 0.465. The molecule has 88 valence electrons. The van der Waals surface area contributed by atoms with Crippen LogP contribution in [0.1, 0.15) is 0 Å². The van der Waals surface area contributed by atoms with Gasteiger partial charge < -0.3 is 15.2 Å². The zero-order valence-corrected chi connectivity index (χ0v) is 8.87. The molecule has 0 saturated carbocycles. The van der Waals surface area contributed by atoms with Crippen molar-refractivity contribution in [3.8, 4) is 22.8 Å². The molecule has 1 aliphatic heterocycles. The summed E-state index contributed by atoms with van der Waals surface area (Å²) in [5, 5.41) is 6.59. The molecule has 0 aliphatic carbocycles. The highest BCUT2D eigenvalue weighted by Crippen LogP contribution is 2.41. The number of H-pyrrole nitrogens is 1. The summed E-state index contributed by atoms with van der Waals surface area (Å²) in [6, 6.07) is 4.60. The van der Waals surface area contributed by atoms with E-state index in [0.29, 0.717) is 36.0 Å². The van der Waals surface area contributed by atoms with E-state index < -0.39 is 5.82 Å². The predicted octanol–water partition coefficient (Wildman–Crippen LogP) is 1.57. The van der Waals surface area contributed by atoms with Crippen molar-refractivity contribution in [2.24, 2.45) is 0 Å². The van der Waals surface area contributed by atoms with Crippen LogP contribution in [0, 0.1) is 5.82 Å². The number of benzene rings is 1. The molecule has 3 rings (SSSR count). The van der Waals surface area contributed by atoms with Crippen molar-refractivity contribution >= 4 is 5.82 Å². The van der Waals surface area contributed by atoms with E-state index in [-0.39, 0.29) is 5.75 Å². The van der Waals surface area contributed by atoms with E-state index >= 15 is 0 Å². The molecular formula is C11H10FN3O2. The molecule has 0 bridgehead atoms. The smallest absolute Gasteiger partial charge is 0.197 e. The molecule has 3 N–H and O–H groups in total. The Bertz CT molecular complexity index is 568. The average Bonchev–Trinajstić information content (AvgIpc) is 2.77. The largest absolute Gasteiger partial charge is 0.485 e. The van der Waals surface area contributed by atoms with Gasteiger partial charge in [0, 0.05) is 11.6 Å². The number of halogens is 1. The molecule has 0 saturated heterocycles. The van der Waals surface area contributed by atoms with Gasteiger partial charge in [0.1, 0.15) is 19.0 Å². The van der Waals surface area contributed by atoms with Gasteiger partial charge in [-0.1, -0.05) is 0 Å². The Morgan fingerprint density at radius 3 is 2.71 bits per heavy atom. The van der Waals surface area contributed by atoms with E-state index in [9.17, 15) is 4.39 Å². The maximum absolute atomic E-state index is 13.5. The molecule has 0 unspecified atom stereocenters. The average molecular weight is 235 g/mol. The molecule has 5 nitrogen and oxygen atoms in total. The van der Waals surface area contributed by atoms with E-state index in [0.717, 1.165) is 0 Å². The number of rotatable bonds is 1. The molecule has 2 heterocycles. The minimum Gasteiger partial charge on any atom is -0.485 e. The normalized spacial score (nSPS) is 13.7. The molecule has 17 heavy (non-hydrogen) atoms. The molecule has 1 aliphatic rings. The molecule has 0 fully saturated rings. The summed E-state index contributed by atoms with van der Waals surface area (Å²) in [4.78, 5) is 0. The van der Waals surface area contributed by atoms with Gasteiger partial charge >= 0.3 is 0 Å². The van der Waals surface area contributed by atoms with Crippen LogP contribution in [0.2, 0.25) is 0 Å². The maximum atomic E-state index is 13.5.